The predicted molar refractivity (Wildman–Crippen MR) is 76.4 cm³/mol. The summed E-state index contributed by atoms with van der Waals surface area (Å²) in [7, 11) is 1.59. The molecule has 0 fully saturated rings. The number of aryl methyl sites for hydroxylation is 1. The molecule has 0 saturated heterocycles. The van der Waals surface area contributed by atoms with Crippen molar-refractivity contribution in [2.75, 3.05) is 13.7 Å². The van der Waals surface area contributed by atoms with Gasteiger partial charge in [-0.05, 0) is 46.6 Å². The van der Waals surface area contributed by atoms with Gasteiger partial charge in [0.05, 0.1) is 23.8 Å². The Bertz CT molecular complexity index is 640. The summed E-state index contributed by atoms with van der Waals surface area (Å²) in [5.41, 5.74) is 1.31. The average Bonchev–Trinajstić information content (AvgIpc) is 2.80. The molecule has 106 valence electrons. The highest BCUT2D eigenvalue weighted by molar-refractivity contribution is 9.10. The lowest BCUT2D eigenvalue weighted by Crippen LogP contribution is -2.15. The molecule has 6 heteroatoms. The second-order valence-electron chi connectivity index (χ2n) is 4.35. The normalized spacial score (nSPS) is 10.8. The Hall–Kier alpha value is -1.53. The average molecular weight is 341 g/mol. The van der Waals surface area contributed by atoms with Gasteiger partial charge in [0.1, 0.15) is 11.5 Å². The van der Waals surface area contributed by atoms with Gasteiger partial charge in [-0.25, -0.2) is 4.39 Å². The summed E-state index contributed by atoms with van der Waals surface area (Å²) in [6, 6.07) is 4.31. The monoisotopic (exact) mass is 340 g/mol. The fourth-order valence-electron chi connectivity index (χ4n) is 1.86. The number of nitrogens with zero attached hydrogens (tertiary/aromatic N) is 2. The molecule has 0 aliphatic rings. The number of ketones is 1. The van der Waals surface area contributed by atoms with E-state index >= 15 is 0 Å². The third-order valence-electron chi connectivity index (χ3n) is 2.94. The number of hydrogen-bond acceptors (Lipinski definition) is 3. The fourth-order valence-corrected chi connectivity index (χ4v) is 2.33. The highest BCUT2D eigenvalue weighted by Gasteiger charge is 2.19. The van der Waals surface area contributed by atoms with Crippen LogP contribution in [0.1, 0.15) is 21.6 Å². The second-order valence-corrected chi connectivity index (χ2v) is 5.20. The van der Waals surface area contributed by atoms with Gasteiger partial charge in [-0.1, -0.05) is 0 Å². The van der Waals surface area contributed by atoms with E-state index in [9.17, 15) is 9.18 Å². The standard InChI is InChI=1S/C14H14BrFN2O2/c1-9-7-10(3-4-12(9)16)14(19)13-11(15)8-17-18(13)5-6-20-2/h3-4,7-8H,5-6H2,1-2H3. The van der Waals surface area contributed by atoms with Crippen LogP contribution in [-0.2, 0) is 11.3 Å². The van der Waals surface area contributed by atoms with Crippen molar-refractivity contribution in [3.05, 3.63) is 51.5 Å². The molecule has 1 aromatic heterocycles. The van der Waals surface area contributed by atoms with E-state index in [-0.39, 0.29) is 11.6 Å². The molecule has 2 aromatic rings. The second kappa shape index (κ2) is 6.28. The zero-order chi connectivity index (χ0) is 14.7. The first kappa shape index (κ1) is 14.9. The molecule has 0 atom stereocenters. The zero-order valence-corrected chi connectivity index (χ0v) is 12.8. The van der Waals surface area contributed by atoms with Crippen molar-refractivity contribution in [2.24, 2.45) is 0 Å². The van der Waals surface area contributed by atoms with Crippen LogP contribution in [0.25, 0.3) is 0 Å². The minimum atomic E-state index is -0.325. The largest absolute Gasteiger partial charge is 0.383 e. The maximum absolute atomic E-state index is 13.3. The van der Waals surface area contributed by atoms with Gasteiger partial charge in [-0.3, -0.25) is 9.48 Å². The number of carbonyl (C=O) groups excluding carboxylic acids is 1. The first-order chi connectivity index (χ1) is 9.54. The number of halogens is 2. The molecular weight excluding hydrogens is 327 g/mol. The van der Waals surface area contributed by atoms with Gasteiger partial charge in [0, 0.05) is 12.7 Å². The van der Waals surface area contributed by atoms with Gasteiger partial charge < -0.3 is 4.74 Å². The van der Waals surface area contributed by atoms with Gasteiger partial charge in [-0.15, -0.1) is 0 Å². The van der Waals surface area contributed by atoms with Crippen molar-refractivity contribution < 1.29 is 13.9 Å². The lowest BCUT2D eigenvalue weighted by molar-refractivity contribution is 0.102. The van der Waals surface area contributed by atoms with Crippen molar-refractivity contribution in [2.45, 2.75) is 13.5 Å². The van der Waals surface area contributed by atoms with E-state index in [1.54, 1.807) is 24.9 Å². The van der Waals surface area contributed by atoms with Crippen molar-refractivity contribution in [3.8, 4) is 0 Å². The number of rotatable bonds is 5. The van der Waals surface area contributed by atoms with Gasteiger partial charge in [0.2, 0.25) is 5.78 Å². The summed E-state index contributed by atoms with van der Waals surface area (Å²) in [4.78, 5) is 12.5. The number of ether oxygens (including phenoxy) is 1. The maximum atomic E-state index is 13.3. The fraction of sp³-hybridized carbons (Fsp3) is 0.286. The molecule has 0 amide bonds. The first-order valence-electron chi connectivity index (χ1n) is 6.05. The summed E-state index contributed by atoms with van der Waals surface area (Å²) in [6.07, 6.45) is 1.57. The predicted octanol–water partition coefficient (Wildman–Crippen LogP) is 2.97. The van der Waals surface area contributed by atoms with E-state index in [2.05, 4.69) is 21.0 Å². The third kappa shape index (κ3) is 2.96. The van der Waals surface area contributed by atoms with Crippen LogP contribution in [0.4, 0.5) is 4.39 Å². The van der Waals surface area contributed by atoms with E-state index in [0.29, 0.717) is 34.4 Å². The van der Waals surface area contributed by atoms with Crippen LogP contribution < -0.4 is 0 Å². The lowest BCUT2D eigenvalue weighted by atomic mass is 10.1. The maximum Gasteiger partial charge on any atom is 0.212 e. The van der Waals surface area contributed by atoms with Gasteiger partial charge in [-0.2, -0.15) is 5.10 Å². The Morgan fingerprint density at radius 3 is 2.90 bits per heavy atom. The molecule has 0 unspecified atom stereocenters. The minimum Gasteiger partial charge on any atom is -0.383 e. The molecule has 1 aromatic carbocycles. The van der Waals surface area contributed by atoms with E-state index in [4.69, 9.17) is 4.74 Å². The van der Waals surface area contributed by atoms with Gasteiger partial charge in [0.25, 0.3) is 0 Å². The molecule has 0 aliphatic heterocycles. The molecule has 0 aliphatic carbocycles. The molecule has 0 radical (unpaired) electrons. The minimum absolute atomic E-state index is 0.200. The molecule has 0 bridgehead atoms. The Kier molecular flexibility index (Phi) is 4.67. The molecule has 0 spiro atoms. The molecule has 4 nitrogen and oxygen atoms in total. The van der Waals surface area contributed by atoms with Crippen LogP contribution in [0.3, 0.4) is 0 Å². The van der Waals surface area contributed by atoms with Crippen LogP contribution in [0.2, 0.25) is 0 Å². The van der Waals surface area contributed by atoms with Crippen LogP contribution >= 0.6 is 15.9 Å². The highest BCUT2D eigenvalue weighted by Crippen LogP contribution is 2.21. The summed E-state index contributed by atoms with van der Waals surface area (Å²) in [5.74, 6) is -0.526. The Labute approximate surface area is 124 Å². The van der Waals surface area contributed by atoms with Crippen LogP contribution in [-0.4, -0.2) is 29.3 Å². The van der Waals surface area contributed by atoms with E-state index in [1.807, 2.05) is 0 Å². The molecule has 0 N–H and O–H groups in total. The van der Waals surface area contributed by atoms with E-state index in [0.717, 1.165) is 0 Å². The van der Waals surface area contributed by atoms with Gasteiger partial charge in [0.15, 0.2) is 0 Å². The van der Waals surface area contributed by atoms with Crippen molar-refractivity contribution in [3.63, 3.8) is 0 Å². The van der Waals surface area contributed by atoms with E-state index in [1.165, 1.54) is 18.2 Å². The molecule has 1 heterocycles. The van der Waals surface area contributed by atoms with Crippen LogP contribution in [0.15, 0.2) is 28.9 Å². The summed E-state index contributed by atoms with van der Waals surface area (Å²) >= 11 is 3.32. The number of benzene rings is 1. The molecule has 0 saturated carbocycles. The highest BCUT2D eigenvalue weighted by atomic mass is 79.9. The smallest absolute Gasteiger partial charge is 0.212 e. The Balaban J connectivity index is 2.37. The van der Waals surface area contributed by atoms with Crippen molar-refractivity contribution in [1.82, 2.24) is 9.78 Å². The molecule has 20 heavy (non-hydrogen) atoms. The summed E-state index contributed by atoms with van der Waals surface area (Å²) in [5, 5.41) is 4.13. The van der Waals surface area contributed by atoms with E-state index < -0.39 is 0 Å². The number of methoxy groups -OCH3 is 1. The summed E-state index contributed by atoms with van der Waals surface area (Å²) < 4.78 is 20.5. The van der Waals surface area contributed by atoms with Crippen LogP contribution in [0, 0.1) is 12.7 Å². The molecule has 2 rings (SSSR count). The molecular formula is C14H14BrFN2O2. The SMILES string of the molecule is COCCn1ncc(Br)c1C(=O)c1ccc(F)c(C)c1. The Morgan fingerprint density at radius 1 is 1.50 bits per heavy atom. The number of aromatic nitrogens is 2. The first-order valence-corrected chi connectivity index (χ1v) is 6.85. The zero-order valence-electron chi connectivity index (χ0n) is 11.2. The topological polar surface area (TPSA) is 44.1 Å². The summed E-state index contributed by atoms with van der Waals surface area (Å²) in [6.45, 7) is 2.56. The number of hydrogen-bond donors (Lipinski definition) is 0. The van der Waals surface area contributed by atoms with Crippen LogP contribution in [0.5, 0.6) is 0 Å². The lowest BCUT2D eigenvalue weighted by Gasteiger charge is -2.08. The van der Waals surface area contributed by atoms with Gasteiger partial charge >= 0.3 is 0 Å². The quantitative estimate of drug-likeness (QED) is 0.786. The van der Waals surface area contributed by atoms with Crippen molar-refractivity contribution >= 4 is 21.7 Å². The Morgan fingerprint density at radius 2 is 2.25 bits per heavy atom. The van der Waals surface area contributed by atoms with Crippen molar-refractivity contribution in [1.29, 1.82) is 0 Å². The number of carbonyl (C=O) groups is 1. The third-order valence-corrected chi connectivity index (χ3v) is 3.52.